The number of rotatable bonds is 5. The highest BCUT2D eigenvalue weighted by Gasteiger charge is 2.19. The lowest BCUT2D eigenvalue weighted by Crippen LogP contribution is -2.10. The third kappa shape index (κ3) is 6.14. The highest BCUT2D eigenvalue weighted by atomic mass is 14.2. The van der Waals surface area contributed by atoms with Gasteiger partial charge in [0.05, 0.1) is 0 Å². The molecule has 0 unspecified atom stereocenters. The third-order valence-corrected chi connectivity index (χ3v) is 5.71. The summed E-state index contributed by atoms with van der Waals surface area (Å²) in [6.07, 6.45) is 13.3. The van der Waals surface area contributed by atoms with Crippen molar-refractivity contribution in [1.82, 2.24) is 0 Å². The van der Waals surface area contributed by atoms with E-state index < -0.39 is 0 Å². The van der Waals surface area contributed by atoms with E-state index in [1.165, 1.54) is 36.8 Å². The second kappa shape index (κ2) is 10.2. The topological polar surface area (TPSA) is 0 Å². The van der Waals surface area contributed by atoms with E-state index in [9.17, 15) is 0 Å². The summed E-state index contributed by atoms with van der Waals surface area (Å²) in [6.45, 7) is 4.55. The van der Waals surface area contributed by atoms with E-state index in [2.05, 4.69) is 86.4 Å². The van der Waals surface area contributed by atoms with E-state index in [1.54, 1.807) is 0 Å². The van der Waals surface area contributed by atoms with E-state index in [-0.39, 0.29) is 0 Å². The monoisotopic (exact) mass is 356 g/mol. The van der Waals surface area contributed by atoms with E-state index in [4.69, 9.17) is 0 Å². The van der Waals surface area contributed by atoms with Gasteiger partial charge in [-0.05, 0) is 79.3 Å². The summed E-state index contributed by atoms with van der Waals surface area (Å²) < 4.78 is 0. The van der Waals surface area contributed by atoms with Gasteiger partial charge in [-0.25, -0.2) is 0 Å². The molecule has 0 amide bonds. The van der Waals surface area contributed by atoms with Crippen LogP contribution in [-0.4, -0.2) is 0 Å². The highest BCUT2D eigenvalue weighted by molar-refractivity contribution is 5.44. The lowest BCUT2D eigenvalue weighted by Gasteiger charge is -2.26. The first-order valence-corrected chi connectivity index (χ1v) is 10.6. The minimum Gasteiger partial charge on any atom is -0.0888 e. The van der Waals surface area contributed by atoms with Gasteiger partial charge in [0.1, 0.15) is 0 Å². The van der Waals surface area contributed by atoms with Gasteiger partial charge >= 0.3 is 0 Å². The molecule has 0 N–H and O–H groups in total. The van der Waals surface area contributed by atoms with Crippen LogP contribution in [-0.2, 0) is 6.42 Å². The van der Waals surface area contributed by atoms with Crippen LogP contribution in [0.5, 0.6) is 0 Å². The Labute approximate surface area is 165 Å². The Balaban J connectivity index is 1.56. The average Bonchev–Trinajstić information content (AvgIpc) is 2.72. The van der Waals surface area contributed by atoms with Gasteiger partial charge in [-0.15, -0.1) is 0 Å². The maximum absolute atomic E-state index is 3.32. The predicted molar refractivity (Wildman–Crippen MR) is 117 cm³/mol. The molecule has 0 bridgehead atoms. The molecule has 1 fully saturated rings. The van der Waals surface area contributed by atoms with Crippen LogP contribution in [0.25, 0.3) is 0 Å². The first kappa shape index (κ1) is 19.5. The second-order valence-electron chi connectivity index (χ2n) is 7.94. The van der Waals surface area contributed by atoms with Gasteiger partial charge in [0, 0.05) is 11.1 Å². The quantitative estimate of drug-likeness (QED) is 0.390. The Morgan fingerprint density at radius 2 is 1.41 bits per heavy atom. The minimum absolute atomic E-state index is 0.753. The third-order valence-electron chi connectivity index (χ3n) is 5.71. The molecule has 0 heterocycles. The van der Waals surface area contributed by atoms with Crippen LogP contribution < -0.4 is 0 Å². The molecule has 0 aliphatic heterocycles. The van der Waals surface area contributed by atoms with Gasteiger partial charge in [-0.1, -0.05) is 74.9 Å². The van der Waals surface area contributed by atoms with Crippen molar-refractivity contribution >= 4 is 0 Å². The molecule has 0 radical (unpaired) electrons. The molecule has 0 aromatic heterocycles. The summed E-state index contributed by atoms with van der Waals surface area (Å²) in [5, 5.41) is 0. The van der Waals surface area contributed by atoms with Crippen molar-refractivity contribution in [3.05, 3.63) is 82.9 Å². The van der Waals surface area contributed by atoms with Crippen molar-refractivity contribution in [2.45, 2.75) is 64.7 Å². The molecular formula is C27H32. The summed E-state index contributed by atoms with van der Waals surface area (Å²) >= 11 is 0. The van der Waals surface area contributed by atoms with Crippen LogP contribution in [0.2, 0.25) is 0 Å². The number of allylic oxidation sites excluding steroid dienone is 2. The Morgan fingerprint density at radius 3 is 2.00 bits per heavy atom. The first-order chi connectivity index (χ1) is 13.2. The van der Waals surface area contributed by atoms with Crippen molar-refractivity contribution in [3.8, 4) is 11.8 Å². The zero-order chi connectivity index (χ0) is 18.9. The standard InChI is InChI=1S/C27H32/c1-3-4-5-6-7-23-10-12-24(13-11-23)14-15-25-16-20-27(21-17-25)26-18-8-22(2)9-19-26/h4-5,10-13,16-17,20-22,26H,3,6-9,18-19H2,1-2H3/b5-4+. The van der Waals surface area contributed by atoms with Crippen LogP contribution in [0.4, 0.5) is 0 Å². The number of aryl methyl sites for hydroxylation is 1. The molecule has 27 heavy (non-hydrogen) atoms. The van der Waals surface area contributed by atoms with Gasteiger partial charge in [-0.3, -0.25) is 0 Å². The molecule has 140 valence electrons. The van der Waals surface area contributed by atoms with Gasteiger partial charge < -0.3 is 0 Å². The fourth-order valence-corrected chi connectivity index (χ4v) is 3.87. The summed E-state index contributed by atoms with van der Waals surface area (Å²) in [6, 6.07) is 17.7. The molecule has 0 nitrogen and oxygen atoms in total. The van der Waals surface area contributed by atoms with Crippen molar-refractivity contribution in [2.75, 3.05) is 0 Å². The van der Waals surface area contributed by atoms with E-state index in [0.717, 1.165) is 42.2 Å². The minimum atomic E-state index is 0.753. The van der Waals surface area contributed by atoms with Gasteiger partial charge in [0.15, 0.2) is 0 Å². The van der Waals surface area contributed by atoms with Crippen LogP contribution in [0.15, 0.2) is 60.7 Å². The Kier molecular flexibility index (Phi) is 7.35. The molecule has 0 heteroatoms. The number of benzene rings is 2. The summed E-state index contributed by atoms with van der Waals surface area (Å²) in [5.41, 5.74) is 5.08. The fourth-order valence-electron chi connectivity index (χ4n) is 3.87. The molecule has 3 rings (SSSR count). The van der Waals surface area contributed by atoms with E-state index >= 15 is 0 Å². The summed E-state index contributed by atoms with van der Waals surface area (Å²) in [4.78, 5) is 0. The Morgan fingerprint density at radius 1 is 0.815 bits per heavy atom. The predicted octanol–water partition coefficient (Wildman–Crippen LogP) is 7.28. The maximum atomic E-state index is 3.32. The van der Waals surface area contributed by atoms with Crippen LogP contribution in [0.3, 0.4) is 0 Å². The zero-order valence-corrected chi connectivity index (χ0v) is 16.9. The molecule has 1 aliphatic rings. The molecule has 1 saturated carbocycles. The van der Waals surface area contributed by atoms with Crippen LogP contribution in [0.1, 0.15) is 80.5 Å². The second-order valence-corrected chi connectivity index (χ2v) is 7.94. The number of hydrogen-bond acceptors (Lipinski definition) is 0. The molecule has 2 aromatic carbocycles. The fraction of sp³-hybridized carbons (Fsp3) is 0.407. The molecule has 0 saturated heterocycles. The van der Waals surface area contributed by atoms with Crippen molar-refractivity contribution in [1.29, 1.82) is 0 Å². The van der Waals surface area contributed by atoms with Gasteiger partial charge in [-0.2, -0.15) is 0 Å². The van der Waals surface area contributed by atoms with Gasteiger partial charge in [0.2, 0.25) is 0 Å². The first-order valence-electron chi connectivity index (χ1n) is 10.6. The van der Waals surface area contributed by atoms with Gasteiger partial charge in [0.25, 0.3) is 0 Å². The van der Waals surface area contributed by atoms with Crippen molar-refractivity contribution in [3.63, 3.8) is 0 Å². The largest absolute Gasteiger partial charge is 0.0888 e. The molecule has 2 aromatic rings. The van der Waals surface area contributed by atoms with Crippen molar-refractivity contribution < 1.29 is 0 Å². The average molecular weight is 357 g/mol. The molecular weight excluding hydrogens is 324 g/mol. The highest BCUT2D eigenvalue weighted by Crippen LogP contribution is 2.35. The Bertz CT molecular complexity index is 773. The molecule has 1 aliphatic carbocycles. The van der Waals surface area contributed by atoms with Crippen molar-refractivity contribution in [2.24, 2.45) is 5.92 Å². The van der Waals surface area contributed by atoms with Crippen LogP contribution in [0, 0.1) is 17.8 Å². The van der Waals surface area contributed by atoms with Crippen LogP contribution >= 0.6 is 0 Å². The summed E-state index contributed by atoms with van der Waals surface area (Å²) in [7, 11) is 0. The number of hydrogen-bond donors (Lipinski definition) is 0. The lowest BCUT2D eigenvalue weighted by molar-refractivity contribution is 0.348. The van der Waals surface area contributed by atoms with E-state index in [0.29, 0.717) is 0 Å². The maximum Gasteiger partial charge on any atom is 0.0249 e. The zero-order valence-electron chi connectivity index (χ0n) is 16.9. The normalized spacial score (nSPS) is 19.6. The SMILES string of the molecule is CC/C=C/CCc1ccc(C#Cc2ccc(C3CCC(C)CC3)cc2)cc1. The molecule has 0 atom stereocenters. The lowest BCUT2D eigenvalue weighted by atomic mass is 9.79. The summed E-state index contributed by atoms with van der Waals surface area (Å²) in [5.74, 6) is 8.28. The van der Waals surface area contributed by atoms with E-state index in [1.807, 2.05) is 0 Å². The Hall–Kier alpha value is -2.26. The molecule has 0 spiro atoms. The smallest absolute Gasteiger partial charge is 0.0249 e.